The Hall–Kier alpha value is -2.25. The van der Waals surface area contributed by atoms with Gasteiger partial charge in [-0.15, -0.1) is 0 Å². The predicted octanol–water partition coefficient (Wildman–Crippen LogP) is 2.47. The minimum Gasteiger partial charge on any atom is -0.476 e. The monoisotopic (exact) mass is 337 g/mol. The number of morpholine rings is 1. The summed E-state index contributed by atoms with van der Waals surface area (Å²) < 4.78 is 10.5. The molecule has 122 valence electrons. The molecule has 1 aromatic heterocycles. The van der Waals surface area contributed by atoms with Gasteiger partial charge in [0, 0.05) is 30.3 Å². The fourth-order valence-corrected chi connectivity index (χ4v) is 2.63. The van der Waals surface area contributed by atoms with Crippen LogP contribution in [-0.2, 0) is 11.3 Å². The molecule has 0 unspecified atom stereocenters. The summed E-state index contributed by atoms with van der Waals surface area (Å²) in [6.07, 6.45) is 1.10. The van der Waals surface area contributed by atoms with Gasteiger partial charge < -0.3 is 24.5 Å². The first-order chi connectivity index (χ1) is 11.1. The highest BCUT2D eigenvalue weighted by Gasteiger charge is 2.16. The summed E-state index contributed by atoms with van der Waals surface area (Å²) in [5, 5.41) is 12.5. The molecule has 0 radical (unpaired) electrons. The van der Waals surface area contributed by atoms with Gasteiger partial charge in [0.25, 0.3) is 6.01 Å². The van der Waals surface area contributed by atoms with Crippen LogP contribution in [0.1, 0.15) is 16.1 Å². The van der Waals surface area contributed by atoms with Crippen molar-refractivity contribution in [2.45, 2.75) is 6.54 Å². The third-order valence-electron chi connectivity index (χ3n) is 3.55. The van der Waals surface area contributed by atoms with Gasteiger partial charge in [0.2, 0.25) is 0 Å². The number of oxazole rings is 1. The van der Waals surface area contributed by atoms with Crippen molar-refractivity contribution in [1.82, 2.24) is 4.98 Å². The molecule has 2 N–H and O–H groups in total. The van der Waals surface area contributed by atoms with Crippen molar-refractivity contribution < 1.29 is 19.1 Å². The zero-order valence-corrected chi connectivity index (χ0v) is 13.0. The van der Waals surface area contributed by atoms with Crippen LogP contribution in [0.3, 0.4) is 0 Å². The quantitative estimate of drug-likeness (QED) is 0.866. The van der Waals surface area contributed by atoms with E-state index in [1.54, 1.807) is 0 Å². The van der Waals surface area contributed by atoms with E-state index in [2.05, 4.69) is 15.2 Å². The van der Waals surface area contributed by atoms with E-state index in [1.165, 1.54) is 0 Å². The average molecular weight is 338 g/mol. The number of aromatic carboxylic acids is 1. The second kappa shape index (κ2) is 6.89. The van der Waals surface area contributed by atoms with E-state index in [9.17, 15) is 4.79 Å². The molecule has 1 aromatic carbocycles. The normalized spacial score (nSPS) is 14.7. The van der Waals surface area contributed by atoms with E-state index in [0.29, 0.717) is 24.8 Å². The molecule has 0 atom stereocenters. The summed E-state index contributed by atoms with van der Waals surface area (Å²) in [6.45, 7) is 3.44. The maximum absolute atomic E-state index is 10.8. The number of aromatic nitrogens is 1. The summed E-state index contributed by atoms with van der Waals surface area (Å²) in [5.74, 6) is -1.13. The van der Waals surface area contributed by atoms with E-state index in [1.807, 2.05) is 18.2 Å². The van der Waals surface area contributed by atoms with Gasteiger partial charge in [-0.1, -0.05) is 11.6 Å². The first-order valence-corrected chi connectivity index (χ1v) is 7.55. The van der Waals surface area contributed by atoms with Crippen molar-refractivity contribution in [3.05, 3.63) is 40.7 Å². The third kappa shape index (κ3) is 3.75. The number of carboxylic acid groups (broad SMARTS) is 1. The Balaban J connectivity index is 1.75. The maximum Gasteiger partial charge on any atom is 0.357 e. The largest absolute Gasteiger partial charge is 0.476 e. The lowest BCUT2D eigenvalue weighted by molar-refractivity contribution is 0.0690. The van der Waals surface area contributed by atoms with Crippen LogP contribution in [0.5, 0.6) is 0 Å². The van der Waals surface area contributed by atoms with Crippen LogP contribution in [0, 0.1) is 0 Å². The van der Waals surface area contributed by atoms with Crippen LogP contribution in [0.25, 0.3) is 0 Å². The lowest BCUT2D eigenvalue weighted by Gasteiger charge is -2.30. The molecule has 7 nitrogen and oxygen atoms in total. The maximum atomic E-state index is 10.8. The zero-order chi connectivity index (χ0) is 16.2. The Morgan fingerprint density at radius 2 is 2.17 bits per heavy atom. The number of benzene rings is 1. The summed E-state index contributed by atoms with van der Waals surface area (Å²) in [4.78, 5) is 16.9. The summed E-state index contributed by atoms with van der Waals surface area (Å²) in [5.41, 5.74) is 1.91. The second-order valence-electron chi connectivity index (χ2n) is 5.07. The van der Waals surface area contributed by atoms with Gasteiger partial charge in [-0.3, -0.25) is 0 Å². The van der Waals surface area contributed by atoms with Crippen molar-refractivity contribution >= 4 is 29.3 Å². The number of hydrogen-bond donors (Lipinski definition) is 2. The lowest BCUT2D eigenvalue weighted by atomic mass is 10.1. The van der Waals surface area contributed by atoms with Gasteiger partial charge in [0.15, 0.2) is 5.69 Å². The van der Waals surface area contributed by atoms with Crippen LogP contribution in [0.15, 0.2) is 28.9 Å². The Labute approximate surface area is 137 Å². The predicted molar refractivity (Wildman–Crippen MR) is 85.3 cm³/mol. The van der Waals surface area contributed by atoms with E-state index in [0.717, 1.165) is 30.6 Å². The van der Waals surface area contributed by atoms with Gasteiger partial charge >= 0.3 is 5.97 Å². The van der Waals surface area contributed by atoms with Crippen LogP contribution < -0.4 is 10.2 Å². The van der Waals surface area contributed by atoms with Crippen LogP contribution in [0.2, 0.25) is 5.02 Å². The third-order valence-corrected chi connectivity index (χ3v) is 3.78. The summed E-state index contributed by atoms with van der Waals surface area (Å²) in [7, 11) is 0. The van der Waals surface area contributed by atoms with E-state index >= 15 is 0 Å². The first-order valence-electron chi connectivity index (χ1n) is 7.17. The van der Waals surface area contributed by atoms with Gasteiger partial charge in [0.05, 0.1) is 13.2 Å². The van der Waals surface area contributed by atoms with Gasteiger partial charge in [-0.2, -0.15) is 4.98 Å². The number of carbonyl (C=O) groups is 1. The van der Waals surface area contributed by atoms with E-state index in [4.69, 9.17) is 25.9 Å². The number of halogens is 1. The summed E-state index contributed by atoms with van der Waals surface area (Å²) in [6, 6.07) is 5.86. The Morgan fingerprint density at radius 1 is 1.39 bits per heavy atom. The topological polar surface area (TPSA) is 87.8 Å². The smallest absolute Gasteiger partial charge is 0.357 e. The number of hydrogen-bond acceptors (Lipinski definition) is 6. The van der Waals surface area contributed by atoms with Crippen LogP contribution in [0.4, 0.5) is 11.7 Å². The number of carboxylic acids is 1. The van der Waals surface area contributed by atoms with E-state index in [-0.39, 0.29) is 11.7 Å². The minimum absolute atomic E-state index is 0.132. The molecule has 23 heavy (non-hydrogen) atoms. The van der Waals surface area contributed by atoms with Crippen molar-refractivity contribution in [2.24, 2.45) is 0 Å². The van der Waals surface area contributed by atoms with Crippen molar-refractivity contribution in [2.75, 3.05) is 36.5 Å². The molecule has 0 aliphatic carbocycles. The highest BCUT2D eigenvalue weighted by atomic mass is 35.5. The standard InChI is InChI=1S/C15H16ClN3O4/c16-11-1-2-13(19-3-5-22-6-4-19)10(7-11)8-17-15-18-12(9-23-15)14(20)21/h1-2,7,9H,3-6,8H2,(H,17,18)(H,20,21). The number of rotatable bonds is 5. The Morgan fingerprint density at radius 3 is 2.87 bits per heavy atom. The molecule has 2 heterocycles. The van der Waals surface area contributed by atoms with Crippen LogP contribution in [-0.4, -0.2) is 42.4 Å². The van der Waals surface area contributed by atoms with Crippen molar-refractivity contribution in [1.29, 1.82) is 0 Å². The zero-order valence-electron chi connectivity index (χ0n) is 12.3. The van der Waals surface area contributed by atoms with Gasteiger partial charge in [-0.25, -0.2) is 4.79 Å². The molecule has 0 spiro atoms. The van der Waals surface area contributed by atoms with Crippen molar-refractivity contribution in [3.63, 3.8) is 0 Å². The molecule has 0 amide bonds. The van der Waals surface area contributed by atoms with Crippen molar-refractivity contribution in [3.8, 4) is 0 Å². The Bertz CT molecular complexity index is 698. The molecule has 1 aliphatic rings. The average Bonchev–Trinajstić information content (AvgIpc) is 3.03. The molecule has 0 saturated carbocycles. The summed E-state index contributed by atoms with van der Waals surface area (Å²) >= 11 is 6.10. The molecule has 2 aromatic rings. The molecule has 1 aliphatic heterocycles. The number of nitrogens with zero attached hydrogens (tertiary/aromatic N) is 2. The van der Waals surface area contributed by atoms with Gasteiger partial charge in [0.1, 0.15) is 6.26 Å². The molecule has 8 heteroatoms. The molecule has 0 bridgehead atoms. The lowest BCUT2D eigenvalue weighted by Crippen LogP contribution is -2.36. The van der Waals surface area contributed by atoms with Crippen LogP contribution >= 0.6 is 11.6 Å². The fraction of sp³-hybridized carbons (Fsp3) is 0.333. The molecule has 1 fully saturated rings. The second-order valence-corrected chi connectivity index (χ2v) is 5.51. The molecular formula is C15H16ClN3O4. The SMILES string of the molecule is O=C(O)c1coc(NCc2cc(Cl)ccc2N2CCOCC2)n1. The highest BCUT2D eigenvalue weighted by Crippen LogP contribution is 2.26. The molecular weight excluding hydrogens is 322 g/mol. The first kappa shape index (κ1) is 15.6. The highest BCUT2D eigenvalue weighted by molar-refractivity contribution is 6.30. The number of anilines is 2. The fourth-order valence-electron chi connectivity index (χ4n) is 2.43. The number of ether oxygens (including phenoxy) is 1. The van der Waals surface area contributed by atoms with E-state index < -0.39 is 5.97 Å². The van der Waals surface area contributed by atoms with Gasteiger partial charge in [-0.05, 0) is 23.8 Å². The number of nitrogens with one attached hydrogen (secondary N) is 1. The Kier molecular flexibility index (Phi) is 4.68. The molecule has 3 rings (SSSR count). The minimum atomic E-state index is -1.13. The molecule has 1 saturated heterocycles.